The summed E-state index contributed by atoms with van der Waals surface area (Å²) in [4.78, 5) is 16.7. The predicted octanol–water partition coefficient (Wildman–Crippen LogP) is 5.59. The fourth-order valence-electron chi connectivity index (χ4n) is 4.71. The van der Waals surface area contributed by atoms with Gasteiger partial charge in [-0.3, -0.25) is 9.78 Å². The Morgan fingerprint density at radius 3 is 2.58 bits per heavy atom. The zero-order valence-corrected chi connectivity index (χ0v) is 23.6. The first-order valence-electron chi connectivity index (χ1n) is 13.2. The van der Waals surface area contributed by atoms with Gasteiger partial charge < -0.3 is 29.2 Å². The molecule has 2 heterocycles. The van der Waals surface area contributed by atoms with E-state index >= 15 is 4.39 Å². The molecule has 4 rings (SSSR count). The third-order valence-electron chi connectivity index (χ3n) is 6.64. The van der Waals surface area contributed by atoms with E-state index in [1.807, 2.05) is 24.4 Å². The minimum Gasteiger partial charge on any atom is -0.497 e. The summed E-state index contributed by atoms with van der Waals surface area (Å²) < 4.78 is 39.7. The summed E-state index contributed by atoms with van der Waals surface area (Å²) in [5, 5.41) is 0.917. The number of carbonyl (C=O) groups excluding carboxylic acids is 1. The van der Waals surface area contributed by atoms with E-state index in [1.54, 1.807) is 51.6 Å². The van der Waals surface area contributed by atoms with Gasteiger partial charge in [0.25, 0.3) is 0 Å². The second kappa shape index (κ2) is 12.9. The summed E-state index contributed by atoms with van der Waals surface area (Å²) >= 11 is 0. The van der Waals surface area contributed by atoms with Crippen molar-refractivity contribution in [1.29, 1.82) is 0 Å². The molecule has 0 saturated heterocycles. The molecule has 0 radical (unpaired) electrons. The summed E-state index contributed by atoms with van der Waals surface area (Å²) in [5.74, 6) is 0.273. The number of fused-ring (bicyclic) bond motifs is 1. The molecule has 9 heteroatoms. The van der Waals surface area contributed by atoms with E-state index in [2.05, 4.69) is 23.4 Å². The second-order valence-electron chi connectivity index (χ2n) is 9.91. The molecule has 0 amide bonds. The van der Waals surface area contributed by atoms with Gasteiger partial charge in [0.15, 0.2) is 5.82 Å². The van der Waals surface area contributed by atoms with Gasteiger partial charge in [-0.15, -0.1) is 0 Å². The number of nitrogens with two attached hydrogens (primary N) is 1. The van der Waals surface area contributed by atoms with E-state index in [-0.39, 0.29) is 43.4 Å². The average Bonchev–Trinajstić information content (AvgIpc) is 3.37. The molecule has 0 saturated carbocycles. The van der Waals surface area contributed by atoms with Crippen molar-refractivity contribution in [1.82, 2.24) is 9.55 Å². The van der Waals surface area contributed by atoms with Crippen molar-refractivity contribution < 1.29 is 28.1 Å². The SMILES string of the molecule is COCC(C)OC(=O)Cc1ccc(OC)cc1OCc1cc(-c2ccnc(CN)c2F)c2ccn(C(C)C)c2c1. The lowest BCUT2D eigenvalue weighted by Crippen LogP contribution is -2.21. The highest BCUT2D eigenvalue weighted by atomic mass is 19.1. The molecule has 212 valence electrons. The Labute approximate surface area is 233 Å². The molecule has 2 aromatic carbocycles. The van der Waals surface area contributed by atoms with Crippen molar-refractivity contribution in [2.45, 2.75) is 52.5 Å². The highest BCUT2D eigenvalue weighted by Gasteiger charge is 2.18. The Morgan fingerprint density at radius 2 is 1.88 bits per heavy atom. The fraction of sp³-hybridized carbons (Fsp3) is 0.355. The Hall–Kier alpha value is -3.95. The first kappa shape index (κ1) is 29.0. The van der Waals surface area contributed by atoms with Crippen LogP contribution in [0.5, 0.6) is 11.5 Å². The van der Waals surface area contributed by atoms with Crippen LogP contribution in [0.15, 0.2) is 54.9 Å². The first-order valence-corrected chi connectivity index (χ1v) is 13.2. The number of aromatic nitrogens is 2. The van der Waals surface area contributed by atoms with E-state index in [9.17, 15) is 4.79 Å². The molecule has 8 nitrogen and oxygen atoms in total. The number of esters is 1. The molecule has 4 aromatic rings. The molecule has 2 aromatic heterocycles. The van der Waals surface area contributed by atoms with Crippen LogP contribution in [0.4, 0.5) is 4.39 Å². The maximum atomic E-state index is 15.4. The van der Waals surface area contributed by atoms with Crippen LogP contribution in [-0.4, -0.2) is 42.5 Å². The molecule has 1 unspecified atom stereocenters. The summed E-state index contributed by atoms with van der Waals surface area (Å²) in [7, 11) is 3.12. The number of benzene rings is 2. The standard InChI is InChI=1S/C31H36FN3O5/c1-19(2)35-11-9-24-26(25-8-10-34-27(16-33)31(25)32)12-21(13-28(24)35)18-39-29-15-23(38-5)7-6-22(29)14-30(36)40-20(3)17-37-4/h6-13,15,19-20H,14,16-18,33H2,1-5H3. The molecule has 0 fully saturated rings. The number of methoxy groups -OCH3 is 2. The monoisotopic (exact) mass is 549 g/mol. The summed E-state index contributed by atoms with van der Waals surface area (Å²) in [6.07, 6.45) is 3.24. The normalized spacial score (nSPS) is 12.1. The Kier molecular flexibility index (Phi) is 9.39. The van der Waals surface area contributed by atoms with E-state index < -0.39 is 5.82 Å². The van der Waals surface area contributed by atoms with Gasteiger partial charge in [-0.05, 0) is 62.2 Å². The molecule has 0 aliphatic rings. The smallest absolute Gasteiger partial charge is 0.310 e. The summed E-state index contributed by atoms with van der Waals surface area (Å²) in [6, 6.07) is 13.1. The topological polar surface area (TPSA) is 97.8 Å². The third kappa shape index (κ3) is 6.43. The average molecular weight is 550 g/mol. The number of hydrogen-bond donors (Lipinski definition) is 1. The second-order valence-corrected chi connectivity index (χ2v) is 9.91. The van der Waals surface area contributed by atoms with E-state index in [0.29, 0.717) is 29.2 Å². The number of ether oxygens (including phenoxy) is 4. The van der Waals surface area contributed by atoms with Gasteiger partial charge in [0.2, 0.25) is 0 Å². The van der Waals surface area contributed by atoms with Crippen LogP contribution in [0.25, 0.3) is 22.0 Å². The van der Waals surface area contributed by atoms with E-state index in [1.165, 1.54) is 0 Å². The number of halogens is 1. The van der Waals surface area contributed by atoms with Crippen LogP contribution < -0.4 is 15.2 Å². The van der Waals surface area contributed by atoms with Gasteiger partial charge in [0, 0.05) is 60.2 Å². The van der Waals surface area contributed by atoms with Gasteiger partial charge in [0.1, 0.15) is 24.2 Å². The van der Waals surface area contributed by atoms with Gasteiger partial charge in [-0.1, -0.05) is 6.07 Å². The van der Waals surface area contributed by atoms with Crippen LogP contribution in [-0.2, 0) is 33.8 Å². The highest BCUT2D eigenvalue weighted by Crippen LogP contribution is 2.35. The van der Waals surface area contributed by atoms with Crippen molar-refractivity contribution >= 4 is 16.9 Å². The van der Waals surface area contributed by atoms with Crippen LogP contribution in [0, 0.1) is 5.82 Å². The number of nitrogens with zero attached hydrogens (tertiary/aromatic N) is 2. The largest absolute Gasteiger partial charge is 0.497 e. The maximum absolute atomic E-state index is 15.4. The number of carbonyl (C=O) groups is 1. The molecule has 2 N–H and O–H groups in total. The van der Waals surface area contributed by atoms with Gasteiger partial charge in [-0.25, -0.2) is 4.39 Å². The zero-order chi connectivity index (χ0) is 28.8. The molecule has 0 spiro atoms. The Bertz CT molecular complexity index is 1480. The van der Waals surface area contributed by atoms with Gasteiger partial charge in [-0.2, -0.15) is 0 Å². The molecule has 40 heavy (non-hydrogen) atoms. The maximum Gasteiger partial charge on any atom is 0.310 e. The predicted molar refractivity (Wildman–Crippen MR) is 152 cm³/mol. The lowest BCUT2D eigenvalue weighted by molar-refractivity contribution is -0.149. The minimum atomic E-state index is -0.432. The van der Waals surface area contributed by atoms with Gasteiger partial charge >= 0.3 is 5.97 Å². The lowest BCUT2D eigenvalue weighted by Gasteiger charge is -2.17. The van der Waals surface area contributed by atoms with Crippen molar-refractivity contribution in [2.75, 3.05) is 20.8 Å². The molecular weight excluding hydrogens is 513 g/mol. The quantitative estimate of drug-likeness (QED) is 0.230. The molecule has 1 atom stereocenters. The van der Waals surface area contributed by atoms with E-state index in [4.69, 9.17) is 24.7 Å². The van der Waals surface area contributed by atoms with Crippen LogP contribution in [0.1, 0.15) is 43.6 Å². The Balaban J connectivity index is 1.70. The van der Waals surface area contributed by atoms with Crippen LogP contribution in [0.3, 0.4) is 0 Å². The van der Waals surface area contributed by atoms with Crippen LogP contribution in [0.2, 0.25) is 0 Å². The molecular formula is C31H36FN3O5. The number of pyridine rings is 1. The van der Waals surface area contributed by atoms with Crippen molar-refractivity contribution in [3.63, 3.8) is 0 Å². The highest BCUT2D eigenvalue weighted by molar-refractivity contribution is 5.96. The lowest BCUT2D eigenvalue weighted by atomic mass is 9.98. The van der Waals surface area contributed by atoms with E-state index in [0.717, 1.165) is 22.0 Å². The van der Waals surface area contributed by atoms with Gasteiger partial charge in [0.05, 0.1) is 25.8 Å². The summed E-state index contributed by atoms with van der Waals surface area (Å²) in [5.41, 5.74) is 9.55. The Morgan fingerprint density at radius 1 is 1.07 bits per heavy atom. The fourth-order valence-corrected chi connectivity index (χ4v) is 4.71. The number of rotatable bonds is 12. The third-order valence-corrected chi connectivity index (χ3v) is 6.64. The van der Waals surface area contributed by atoms with Crippen LogP contribution >= 0.6 is 0 Å². The molecule has 0 bridgehead atoms. The minimum absolute atomic E-state index is 0.00389. The number of hydrogen-bond acceptors (Lipinski definition) is 7. The van der Waals surface area contributed by atoms with Crippen molar-refractivity contribution in [3.05, 3.63) is 77.5 Å². The summed E-state index contributed by atoms with van der Waals surface area (Å²) in [6.45, 7) is 6.46. The molecule has 0 aliphatic carbocycles. The molecule has 0 aliphatic heterocycles. The van der Waals surface area contributed by atoms with Crippen molar-refractivity contribution in [3.8, 4) is 22.6 Å². The first-order chi connectivity index (χ1) is 19.2. The zero-order valence-electron chi connectivity index (χ0n) is 23.6. The van der Waals surface area contributed by atoms with Crippen molar-refractivity contribution in [2.24, 2.45) is 5.73 Å².